The summed E-state index contributed by atoms with van der Waals surface area (Å²) in [5.41, 5.74) is 11.3. The Labute approximate surface area is 244 Å². The first-order valence-corrected chi connectivity index (χ1v) is 14.3. The van der Waals surface area contributed by atoms with Gasteiger partial charge in [-0.1, -0.05) is 18.7 Å². The number of carbonyl (C=O) groups excluding carboxylic acids is 1. The molecule has 2 fully saturated rings. The van der Waals surface area contributed by atoms with Crippen molar-refractivity contribution in [1.29, 1.82) is 5.26 Å². The van der Waals surface area contributed by atoms with E-state index in [1.54, 1.807) is 20.1 Å². The summed E-state index contributed by atoms with van der Waals surface area (Å²) >= 11 is 0. The number of nitrogens with one attached hydrogen (secondary N) is 1. The highest BCUT2D eigenvalue weighted by atomic mass is 16.7. The number of benzene rings is 2. The molecule has 5 heterocycles. The van der Waals surface area contributed by atoms with Crippen LogP contribution >= 0.6 is 0 Å². The highest BCUT2D eigenvalue weighted by Crippen LogP contribution is 2.69. The number of nitrogens with zero attached hydrogens (tertiary/aromatic N) is 3. The molecule has 2 aromatic carbocycles. The van der Waals surface area contributed by atoms with Gasteiger partial charge in [0.25, 0.3) is 0 Å². The molecule has 7 rings (SSSR count). The second-order valence-electron chi connectivity index (χ2n) is 11.8. The van der Waals surface area contributed by atoms with Crippen molar-refractivity contribution in [2.75, 3.05) is 27.1 Å². The van der Waals surface area contributed by atoms with Crippen LogP contribution in [0.2, 0.25) is 0 Å². The summed E-state index contributed by atoms with van der Waals surface area (Å²) in [6.45, 7) is 9.93. The van der Waals surface area contributed by atoms with Crippen LogP contribution in [0.15, 0.2) is 18.7 Å². The fourth-order valence-corrected chi connectivity index (χ4v) is 7.97. The van der Waals surface area contributed by atoms with Gasteiger partial charge in [-0.2, -0.15) is 5.26 Å². The molecule has 5 aliphatic rings. The summed E-state index contributed by atoms with van der Waals surface area (Å²) in [7, 11) is 1.56. The smallest absolute Gasteiger partial charge is 0.236 e. The molecule has 5 aliphatic heterocycles. The van der Waals surface area contributed by atoms with Gasteiger partial charge in [0.2, 0.25) is 12.7 Å². The van der Waals surface area contributed by atoms with E-state index in [9.17, 15) is 15.2 Å². The second-order valence-corrected chi connectivity index (χ2v) is 11.8. The number of methoxy groups -OCH3 is 1. The number of piperazine rings is 1. The van der Waals surface area contributed by atoms with Crippen LogP contribution in [0.3, 0.4) is 0 Å². The molecule has 4 unspecified atom stereocenters. The predicted molar refractivity (Wildman–Crippen MR) is 152 cm³/mol. The molecule has 1 amide bonds. The third kappa shape index (κ3) is 3.46. The maximum atomic E-state index is 12.7. The number of phenols is 1. The van der Waals surface area contributed by atoms with E-state index in [2.05, 4.69) is 33.8 Å². The maximum absolute atomic E-state index is 12.7. The number of phenolic OH excluding ortho intramolecular Hbond substituents is 1. The minimum atomic E-state index is -0.693. The zero-order chi connectivity index (χ0) is 29.6. The van der Waals surface area contributed by atoms with Crippen LogP contribution < -0.4 is 30.0 Å². The molecular formula is C31H35N5O6. The standard InChI is InChI=1S/C31H35N5O6/c1-6-7-40-28-14(3)29-30(42-12-41-29)21-17(28)9-18-24-22-16(8-13(2)27(39-5)26(22)37)23-25(36(23)24)19(10-32)35(18)20(21)11-34-31(38)15(4)33/h6,8,15,18-20,23-25,37H,1,7,9,11-12,33H2,2-5H3,(H,34,38)/t15-,18?,19-,20-,23?,24-,25?,36?/m0/s1. The molecule has 42 heavy (non-hydrogen) atoms. The van der Waals surface area contributed by atoms with E-state index in [0.717, 1.165) is 33.4 Å². The lowest BCUT2D eigenvalue weighted by Gasteiger charge is -2.52. The number of aryl methyl sites for hydroxylation is 1. The zero-order valence-corrected chi connectivity index (χ0v) is 24.1. The predicted octanol–water partition coefficient (Wildman–Crippen LogP) is 2.43. The molecular weight excluding hydrogens is 538 g/mol. The molecule has 2 saturated heterocycles. The Morgan fingerprint density at radius 2 is 2.05 bits per heavy atom. The lowest BCUT2D eigenvalue weighted by atomic mass is 9.76. The number of rotatable bonds is 7. The first-order valence-electron chi connectivity index (χ1n) is 14.3. The van der Waals surface area contributed by atoms with Crippen molar-refractivity contribution < 1.29 is 28.8 Å². The van der Waals surface area contributed by atoms with Crippen LogP contribution in [-0.4, -0.2) is 72.0 Å². The first-order chi connectivity index (χ1) is 20.2. The van der Waals surface area contributed by atoms with E-state index in [-0.39, 0.29) is 49.2 Å². The highest BCUT2D eigenvalue weighted by molar-refractivity contribution is 5.81. The molecule has 4 N–H and O–H groups in total. The molecule has 0 spiro atoms. The Morgan fingerprint density at radius 1 is 1.29 bits per heavy atom. The fraction of sp³-hybridized carbons (Fsp3) is 0.484. The Bertz CT molecular complexity index is 1570. The van der Waals surface area contributed by atoms with Gasteiger partial charge < -0.3 is 35.1 Å². The molecule has 2 aromatic rings. The van der Waals surface area contributed by atoms with Gasteiger partial charge in [-0.05, 0) is 38.3 Å². The maximum Gasteiger partial charge on any atom is 0.236 e. The number of aromatic hydroxyl groups is 1. The molecule has 11 heteroatoms. The summed E-state index contributed by atoms with van der Waals surface area (Å²) in [5.74, 6) is 2.25. The Balaban J connectivity index is 1.44. The molecule has 0 bridgehead atoms. The van der Waals surface area contributed by atoms with Crippen LogP contribution in [0.1, 0.15) is 58.4 Å². The Morgan fingerprint density at radius 3 is 2.74 bits per heavy atom. The minimum Gasteiger partial charge on any atom is -0.504 e. The number of carbonyl (C=O) groups is 1. The summed E-state index contributed by atoms with van der Waals surface area (Å²) in [6, 6.07) is 2.67. The van der Waals surface area contributed by atoms with Crippen molar-refractivity contribution in [1.82, 2.24) is 15.1 Å². The summed E-state index contributed by atoms with van der Waals surface area (Å²) < 4.78 is 23.9. The average Bonchev–Trinajstić information content (AvgIpc) is 3.31. The summed E-state index contributed by atoms with van der Waals surface area (Å²) in [6.07, 6.45) is 2.23. The number of nitrogens with two attached hydrogens (primary N) is 1. The van der Waals surface area contributed by atoms with Crippen molar-refractivity contribution >= 4 is 5.91 Å². The topological polar surface area (TPSA) is 142 Å². The van der Waals surface area contributed by atoms with Crippen LogP contribution in [-0.2, 0) is 11.2 Å². The molecule has 0 aliphatic carbocycles. The first kappa shape index (κ1) is 26.9. The SMILES string of the molecule is C=CCOc1c(C)c2c(c3c1CC1[C@H]4c5c(cc(C)c(OC)c5O)C5C([C@H](C#N)N1[C@H]3CNC(=O)[C@H](C)N)N54)OCO2. The fourth-order valence-electron chi connectivity index (χ4n) is 7.97. The zero-order valence-electron chi connectivity index (χ0n) is 24.1. The molecule has 0 saturated carbocycles. The Kier molecular flexibility index (Phi) is 6.10. The molecule has 0 aromatic heterocycles. The van der Waals surface area contributed by atoms with Gasteiger partial charge in [-0.15, -0.1) is 0 Å². The third-order valence-corrected chi connectivity index (χ3v) is 9.55. The van der Waals surface area contributed by atoms with Crippen LogP contribution in [0.25, 0.3) is 0 Å². The van der Waals surface area contributed by atoms with Crippen molar-refractivity contribution in [3.8, 4) is 34.8 Å². The van der Waals surface area contributed by atoms with E-state index in [0.29, 0.717) is 36.0 Å². The van der Waals surface area contributed by atoms with E-state index in [4.69, 9.17) is 24.7 Å². The van der Waals surface area contributed by atoms with Gasteiger partial charge in [0.1, 0.15) is 18.4 Å². The number of amides is 1. The summed E-state index contributed by atoms with van der Waals surface area (Å²) in [4.78, 5) is 17.3. The highest BCUT2D eigenvalue weighted by Gasteiger charge is 2.71. The number of ether oxygens (including phenoxy) is 4. The van der Waals surface area contributed by atoms with Gasteiger partial charge >= 0.3 is 0 Å². The van der Waals surface area contributed by atoms with E-state index < -0.39 is 18.1 Å². The molecule has 8 atom stereocenters. The van der Waals surface area contributed by atoms with Crippen molar-refractivity contribution in [3.63, 3.8) is 0 Å². The normalized spacial score (nSPS) is 29.8. The number of fused-ring (bicyclic) bond motifs is 9. The number of nitriles is 1. The lowest BCUT2D eigenvalue weighted by molar-refractivity contribution is -0.122. The van der Waals surface area contributed by atoms with Gasteiger partial charge in [0, 0.05) is 34.8 Å². The van der Waals surface area contributed by atoms with E-state index in [1.165, 1.54) is 0 Å². The van der Waals surface area contributed by atoms with Gasteiger partial charge in [0.05, 0.1) is 43.4 Å². The third-order valence-electron chi connectivity index (χ3n) is 9.55. The van der Waals surface area contributed by atoms with Crippen LogP contribution in [0, 0.1) is 25.2 Å². The quantitative estimate of drug-likeness (QED) is 0.334. The molecule has 220 valence electrons. The monoisotopic (exact) mass is 573 g/mol. The van der Waals surface area contributed by atoms with Gasteiger partial charge in [-0.3, -0.25) is 14.6 Å². The van der Waals surface area contributed by atoms with Crippen LogP contribution in [0.4, 0.5) is 0 Å². The van der Waals surface area contributed by atoms with E-state index >= 15 is 0 Å². The largest absolute Gasteiger partial charge is 0.504 e. The van der Waals surface area contributed by atoms with Gasteiger partial charge in [-0.25, -0.2) is 0 Å². The lowest BCUT2D eigenvalue weighted by Crippen LogP contribution is -2.60. The van der Waals surface area contributed by atoms with Crippen LogP contribution in [0.5, 0.6) is 28.7 Å². The minimum absolute atomic E-state index is 0.0155. The van der Waals surface area contributed by atoms with E-state index in [1.807, 2.05) is 13.8 Å². The Hall–Kier alpha value is -3.98. The summed E-state index contributed by atoms with van der Waals surface area (Å²) in [5, 5.41) is 25.2. The second kappa shape index (κ2) is 9.52. The van der Waals surface area contributed by atoms with Gasteiger partial charge in [0.15, 0.2) is 23.0 Å². The number of hydrogen-bond donors (Lipinski definition) is 3. The average molecular weight is 574 g/mol. The van der Waals surface area contributed by atoms with Crippen molar-refractivity contribution in [3.05, 3.63) is 52.1 Å². The molecule has 11 nitrogen and oxygen atoms in total. The van der Waals surface area contributed by atoms with Crippen molar-refractivity contribution in [2.45, 2.75) is 69.5 Å². The molecule has 0 radical (unpaired) electrons. The number of hydrogen-bond acceptors (Lipinski definition) is 10. The van der Waals surface area contributed by atoms with Crippen molar-refractivity contribution in [2.24, 2.45) is 5.73 Å².